The SMILES string of the molecule is CCCCCCCCCCCCCCCCNCCNCc1ccccc1. The molecule has 156 valence electrons. The van der Waals surface area contributed by atoms with E-state index in [0.717, 1.165) is 19.6 Å². The lowest BCUT2D eigenvalue weighted by Gasteiger charge is -2.07. The Balaban J connectivity index is 1.67. The average molecular weight is 375 g/mol. The van der Waals surface area contributed by atoms with Gasteiger partial charge in [0.05, 0.1) is 0 Å². The fraction of sp³-hybridized carbons (Fsp3) is 0.760. The summed E-state index contributed by atoms with van der Waals surface area (Å²) in [6.07, 6.45) is 20.1. The van der Waals surface area contributed by atoms with Crippen LogP contribution in [0, 0.1) is 0 Å². The maximum atomic E-state index is 3.55. The van der Waals surface area contributed by atoms with Gasteiger partial charge in [0.25, 0.3) is 0 Å². The summed E-state index contributed by atoms with van der Waals surface area (Å²) < 4.78 is 0. The minimum Gasteiger partial charge on any atom is -0.315 e. The molecule has 0 aliphatic rings. The Labute approximate surface area is 169 Å². The van der Waals surface area contributed by atoms with Gasteiger partial charge in [0.2, 0.25) is 0 Å². The average Bonchev–Trinajstić information content (AvgIpc) is 2.70. The maximum Gasteiger partial charge on any atom is 0.0206 e. The second-order valence-electron chi connectivity index (χ2n) is 8.01. The molecular weight excluding hydrogens is 328 g/mol. The Morgan fingerprint density at radius 3 is 1.56 bits per heavy atom. The van der Waals surface area contributed by atoms with Crippen LogP contribution < -0.4 is 10.6 Å². The van der Waals surface area contributed by atoms with Crippen molar-refractivity contribution in [1.82, 2.24) is 10.6 Å². The summed E-state index contributed by atoms with van der Waals surface area (Å²) in [6, 6.07) is 10.6. The summed E-state index contributed by atoms with van der Waals surface area (Å²) in [4.78, 5) is 0. The highest BCUT2D eigenvalue weighted by Crippen LogP contribution is 2.12. The lowest BCUT2D eigenvalue weighted by Crippen LogP contribution is -2.27. The van der Waals surface area contributed by atoms with E-state index in [0.29, 0.717) is 0 Å². The monoisotopic (exact) mass is 374 g/mol. The van der Waals surface area contributed by atoms with Gasteiger partial charge in [0.1, 0.15) is 0 Å². The molecule has 0 atom stereocenters. The zero-order valence-electron chi connectivity index (χ0n) is 18.1. The Morgan fingerprint density at radius 2 is 1.00 bits per heavy atom. The molecule has 0 radical (unpaired) electrons. The molecule has 0 amide bonds. The topological polar surface area (TPSA) is 24.1 Å². The lowest BCUT2D eigenvalue weighted by molar-refractivity contribution is 0.527. The van der Waals surface area contributed by atoms with E-state index in [2.05, 4.69) is 47.9 Å². The van der Waals surface area contributed by atoms with Gasteiger partial charge in [-0.2, -0.15) is 0 Å². The summed E-state index contributed by atoms with van der Waals surface area (Å²) in [5, 5.41) is 7.04. The smallest absolute Gasteiger partial charge is 0.0206 e. The van der Waals surface area contributed by atoms with Crippen LogP contribution >= 0.6 is 0 Å². The zero-order chi connectivity index (χ0) is 19.3. The first-order valence-electron chi connectivity index (χ1n) is 11.9. The number of nitrogens with one attached hydrogen (secondary N) is 2. The van der Waals surface area contributed by atoms with Crippen molar-refractivity contribution in [3.8, 4) is 0 Å². The molecule has 0 fully saturated rings. The van der Waals surface area contributed by atoms with Crippen molar-refractivity contribution in [2.24, 2.45) is 0 Å². The van der Waals surface area contributed by atoms with Crippen molar-refractivity contribution in [1.29, 1.82) is 0 Å². The van der Waals surface area contributed by atoms with Gasteiger partial charge in [-0.1, -0.05) is 121 Å². The first-order valence-corrected chi connectivity index (χ1v) is 11.9. The molecule has 0 aliphatic carbocycles. The van der Waals surface area contributed by atoms with E-state index < -0.39 is 0 Å². The molecule has 0 spiro atoms. The second-order valence-corrected chi connectivity index (χ2v) is 8.01. The third-order valence-electron chi connectivity index (χ3n) is 5.36. The van der Waals surface area contributed by atoms with Crippen molar-refractivity contribution in [3.63, 3.8) is 0 Å². The minimum absolute atomic E-state index is 0.974. The van der Waals surface area contributed by atoms with E-state index in [1.165, 1.54) is 102 Å². The number of rotatable bonds is 20. The third-order valence-corrected chi connectivity index (χ3v) is 5.36. The van der Waals surface area contributed by atoms with E-state index in [4.69, 9.17) is 0 Å². The van der Waals surface area contributed by atoms with Crippen molar-refractivity contribution in [3.05, 3.63) is 35.9 Å². The molecule has 0 aromatic heterocycles. The molecule has 0 heterocycles. The molecule has 1 rings (SSSR count). The molecular formula is C25H46N2. The van der Waals surface area contributed by atoms with Crippen LogP contribution in [0.3, 0.4) is 0 Å². The molecule has 2 N–H and O–H groups in total. The van der Waals surface area contributed by atoms with Crippen LogP contribution in [0.2, 0.25) is 0 Å². The van der Waals surface area contributed by atoms with Crippen LogP contribution in [-0.4, -0.2) is 19.6 Å². The molecule has 0 aliphatic heterocycles. The predicted molar refractivity (Wildman–Crippen MR) is 121 cm³/mol. The van der Waals surface area contributed by atoms with Crippen molar-refractivity contribution < 1.29 is 0 Å². The first-order chi connectivity index (χ1) is 13.4. The quantitative estimate of drug-likeness (QED) is 0.244. The standard InChI is InChI=1S/C25H46N2/c1-2-3-4-5-6-7-8-9-10-11-12-13-14-18-21-26-22-23-27-24-25-19-16-15-17-20-25/h15-17,19-20,26-27H,2-14,18,21-24H2,1H3. The zero-order valence-corrected chi connectivity index (χ0v) is 18.1. The molecule has 2 heteroatoms. The highest BCUT2D eigenvalue weighted by molar-refractivity contribution is 5.14. The molecule has 0 saturated carbocycles. The summed E-state index contributed by atoms with van der Waals surface area (Å²) in [5.41, 5.74) is 1.37. The highest BCUT2D eigenvalue weighted by atomic mass is 14.9. The summed E-state index contributed by atoms with van der Waals surface area (Å²) in [6.45, 7) is 6.56. The van der Waals surface area contributed by atoms with E-state index in [9.17, 15) is 0 Å². The van der Waals surface area contributed by atoms with Crippen LogP contribution in [0.15, 0.2) is 30.3 Å². The van der Waals surface area contributed by atoms with E-state index in [1.807, 2.05) is 0 Å². The minimum atomic E-state index is 0.974. The molecule has 0 saturated heterocycles. The highest BCUT2D eigenvalue weighted by Gasteiger charge is 1.95. The van der Waals surface area contributed by atoms with Crippen molar-refractivity contribution in [2.45, 2.75) is 103 Å². The fourth-order valence-electron chi connectivity index (χ4n) is 3.57. The van der Waals surface area contributed by atoms with Crippen LogP contribution in [0.4, 0.5) is 0 Å². The van der Waals surface area contributed by atoms with E-state index in [1.54, 1.807) is 0 Å². The predicted octanol–water partition coefficient (Wildman–Crippen LogP) is 6.85. The number of unbranched alkanes of at least 4 members (excludes halogenated alkanes) is 13. The summed E-state index contributed by atoms with van der Waals surface area (Å²) in [5.74, 6) is 0. The summed E-state index contributed by atoms with van der Waals surface area (Å²) in [7, 11) is 0. The Hall–Kier alpha value is -0.860. The molecule has 2 nitrogen and oxygen atoms in total. The van der Waals surface area contributed by atoms with E-state index in [-0.39, 0.29) is 0 Å². The maximum absolute atomic E-state index is 3.55. The van der Waals surface area contributed by atoms with Crippen LogP contribution in [0.1, 0.15) is 102 Å². The third kappa shape index (κ3) is 17.0. The lowest BCUT2D eigenvalue weighted by atomic mass is 10.0. The number of benzene rings is 1. The van der Waals surface area contributed by atoms with Gasteiger partial charge in [-0.05, 0) is 18.5 Å². The van der Waals surface area contributed by atoms with Gasteiger partial charge >= 0.3 is 0 Å². The Morgan fingerprint density at radius 1 is 0.519 bits per heavy atom. The summed E-state index contributed by atoms with van der Waals surface area (Å²) >= 11 is 0. The van der Waals surface area contributed by atoms with Gasteiger partial charge in [-0.3, -0.25) is 0 Å². The second kappa shape index (κ2) is 19.9. The van der Waals surface area contributed by atoms with Gasteiger partial charge in [0.15, 0.2) is 0 Å². The van der Waals surface area contributed by atoms with Gasteiger partial charge < -0.3 is 10.6 Å². The number of hydrogen-bond acceptors (Lipinski definition) is 2. The normalized spacial score (nSPS) is 11.1. The van der Waals surface area contributed by atoms with Crippen LogP contribution in [0.5, 0.6) is 0 Å². The van der Waals surface area contributed by atoms with Gasteiger partial charge in [-0.15, -0.1) is 0 Å². The fourth-order valence-corrected chi connectivity index (χ4v) is 3.57. The molecule has 0 unspecified atom stereocenters. The van der Waals surface area contributed by atoms with Crippen LogP contribution in [-0.2, 0) is 6.54 Å². The number of hydrogen-bond donors (Lipinski definition) is 2. The Bertz CT molecular complexity index is 391. The van der Waals surface area contributed by atoms with Gasteiger partial charge in [0, 0.05) is 19.6 Å². The van der Waals surface area contributed by atoms with Crippen molar-refractivity contribution >= 4 is 0 Å². The molecule has 27 heavy (non-hydrogen) atoms. The first kappa shape index (κ1) is 24.2. The molecule has 0 bridgehead atoms. The van der Waals surface area contributed by atoms with Gasteiger partial charge in [-0.25, -0.2) is 0 Å². The molecule has 1 aromatic carbocycles. The Kier molecular flexibility index (Phi) is 17.8. The van der Waals surface area contributed by atoms with E-state index >= 15 is 0 Å². The van der Waals surface area contributed by atoms with Crippen LogP contribution in [0.25, 0.3) is 0 Å². The largest absolute Gasteiger partial charge is 0.315 e. The molecule has 1 aromatic rings. The van der Waals surface area contributed by atoms with Crippen molar-refractivity contribution in [2.75, 3.05) is 19.6 Å².